The molecular weight excluding hydrogens is 246 g/mol. The second-order valence-electron chi connectivity index (χ2n) is 3.50. The molecule has 1 atom stereocenters. The Morgan fingerprint density at radius 3 is 2.57 bits per heavy atom. The van der Waals surface area contributed by atoms with Gasteiger partial charge in [-0.2, -0.15) is 0 Å². The van der Waals surface area contributed by atoms with Gasteiger partial charge < -0.3 is 5.11 Å². The van der Waals surface area contributed by atoms with Gasteiger partial charge >= 0.3 is 5.97 Å². The zero-order valence-electron chi connectivity index (χ0n) is 8.07. The van der Waals surface area contributed by atoms with Crippen molar-refractivity contribution in [3.05, 3.63) is 28.5 Å². The summed E-state index contributed by atoms with van der Waals surface area (Å²) in [5, 5.41) is 9.04. The number of rotatable bonds is 3. The first-order valence-electron chi connectivity index (χ1n) is 4.35. The van der Waals surface area contributed by atoms with Crippen molar-refractivity contribution in [2.45, 2.75) is 19.8 Å². The number of halogens is 1. The Morgan fingerprint density at radius 2 is 2.14 bits per heavy atom. The van der Waals surface area contributed by atoms with Gasteiger partial charge in [-0.15, -0.1) is 0 Å². The standard InChI is InChI=1S/C10H12BrNO2/c1-6(2)9(10(13)14)7-3-8(11)5-12-4-7/h3-6,9H,1-2H3,(H,13,14). The molecule has 0 aliphatic carbocycles. The zero-order valence-corrected chi connectivity index (χ0v) is 9.65. The van der Waals surface area contributed by atoms with E-state index >= 15 is 0 Å². The summed E-state index contributed by atoms with van der Waals surface area (Å²) >= 11 is 3.27. The van der Waals surface area contributed by atoms with Gasteiger partial charge in [0.05, 0.1) is 5.92 Å². The lowest BCUT2D eigenvalue weighted by Gasteiger charge is -2.15. The van der Waals surface area contributed by atoms with E-state index in [0.29, 0.717) is 0 Å². The van der Waals surface area contributed by atoms with Crippen LogP contribution in [0.5, 0.6) is 0 Å². The van der Waals surface area contributed by atoms with Crippen LogP contribution in [0.1, 0.15) is 25.3 Å². The Bertz CT molecular complexity index is 339. The monoisotopic (exact) mass is 257 g/mol. The number of carbonyl (C=O) groups is 1. The normalized spacial score (nSPS) is 12.9. The average Bonchev–Trinajstić information content (AvgIpc) is 2.02. The van der Waals surface area contributed by atoms with Crippen LogP contribution in [0.3, 0.4) is 0 Å². The number of nitrogens with zero attached hydrogens (tertiary/aromatic N) is 1. The smallest absolute Gasteiger partial charge is 0.311 e. The molecule has 0 amide bonds. The van der Waals surface area contributed by atoms with Crippen LogP contribution in [-0.4, -0.2) is 16.1 Å². The molecule has 0 aliphatic heterocycles. The summed E-state index contributed by atoms with van der Waals surface area (Å²) in [6, 6.07) is 1.80. The van der Waals surface area contributed by atoms with Gasteiger partial charge in [0, 0.05) is 16.9 Å². The van der Waals surface area contributed by atoms with E-state index in [1.807, 2.05) is 13.8 Å². The van der Waals surface area contributed by atoms with Crippen molar-refractivity contribution in [3.63, 3.8) is 0 Å². The van der Waals surface area contributed by atoms with Crippen molar-refractivity contribution in [2.75, 3.05) is 0 Å². The maximum Gasteiger partial charge on any atom is 0.311 e. The van der Waals surface area contributed by atoms with E-state index < -0.39 is 11.9 Å². The lowest BCUT2D eigenvalue weighted by molar-refractivity contribution is -0.139. The lowest BCUT2D eigenvalue weighted by atomic mass is 9.90. The lowest BCUT2D eigenvalue weighted by Crippen LogP contribution is -2.17. The molecule has 1 aromatic heterocycles. The largest absolute Gasteiger partial charge is 0.481 e. The van der Waals surface area contributed by atoms with Crippen molar-refractivity contribution < 1.29 is 9.90 Å². The molecule has 0 saturated heterocycles. The SMILES string of the molecule is CC(C)C(C(=O)O)c1cncc(Br)c1. The predicted octanol–water partition coefficient (Wildman–Crippen LogP) is 2.67. The molecule has 1 unspecified atom stereocenters. The van der Waals surface area contributed by atoms with Gasteiger partial charge in [0.1, 0.15) is 0 Å². The molecule has 0 fully saturated rings. The molecule has 4 heteroatoms. The number of aliphatic carboxylic acids is 1. The molecule has 1 heterocycles. The van der Waals surface area contributed by atoms with Gasteiger partial charge in [0.25, 0.3) is 0 Å². The van der Waals surface area contributed by atoms with E-state index in [1.54, 1.807) is 18.5 Å². The fraction of sp³-hybridized carbons (Fsp3) is 0.400. The minimum atomic E-state index is -0.806. The van der Waals surface area contributed by atoms with Crippen molar-refractivity contribution in [3.8, 4) is 0 Å². The van der Waals surface area contributed by atoms with Gasteiger partial charge in [-0.05, 0) is 33.5 Å². The quantitative estimate of drug-likeness (QED) is 0.906. The summed E-state index contributed by atoms with van der Waals surface area (Å²) in [5.41, 5.74) is 0.738. The summed E-state index contributed by atoms with van der Waals surface area (Å²) in [5.74, 6) is -1.23. The fourth-order valence-corrected chi connectivity index (χ4v) is 1.79. The van der Waals surface area contributed by atoms with Crippen LogP contribution in [0.15, 0.2) is 22.9 Å². The number of carboxylic acid groups (broad SMARTS) is 1. The maximum absolute atomic E-state index is 11.0. The van der Waals surface area contributed by atoms with E-state index in [0.717, 1.165) is 10.0 Å². The summed E-state index contributed by atoms with van der Waals surface area (Å²) in [6.45, 7) is 3.78. The molecule has 0 saturated carbocycles. The van der Waals surface area contributed by atoms with Crippen molar-refractivity contribution in [1.29, 1.82) is 0 Å². The Labute approximate surface area is 91.3 Å². The van der Waals surface area contributed by atoms with Crippen LogP contribution >= 0.6 is 15.9 Å². The van der Waals surface area contributed by atoms with Gasteiger partial charge in [0.15, 0.2) is 0 Å². The van der Waals surface area contributed by atoms with E-state index in [-0.39, 0.29) is 5.92 Å². The fourth-order valence-electron chi connectivity index (χ4n) is 1.41. The highest BCUT2D eigenvalue weighted by Crippen LogP contribution is 2.25. The molecule has 1 N–H and O–H groups in total. The van der Waals surface area contributed by atoms with Crippen LogP contribution in [0.2, 0.25) is 0 Å². The molecule has 1 rings (SSSR count). The first kappa shape index (κ1) is 11.2. The highest BCUT2D eigenvalue weighted by molar-refractivity contribution is 9.10. The number of hydrogen-bond acceptors (Lipinski definition) is 2. The van der Waals surface area contributed by atoms with Crippen LogP contribution in [0.25, 0.3) is 0 Å². The summed E-state index contributed by atoms with van der Waals surface area (Å²) in [6.07, 6.45) is 3.24. The number of hydrogen-bond donors (Lipinski definition) is 1. The topological polar surface area (TPSA) is 50.2 Å². The molecule has 76 valence electrons. The second-order valence-corrected chi connectivity index (χ2v) is 4.41. The third kappa shape index (κ3) is 2.54. The Hall–Kier alpha value is -0.900. The zero-order chi connectivity index (χ0) is 10.7. The number of pyridine rings is 1. The van der Waals surface area contributed by atoms with E-state index in [2.05, 4.69) is 20.9 Å². The van der Waals surface area contributed by atoms with Crippen LogP contribution in [-0.2, 0) is 4.79 Å². The minimum Gasteiger partial charge on any atom is -0.481 e. The van der Waals surface area contributed by atoms with Gasteiger partial charge in [-0.25, -0.2) is 0 Å². The Morgan fingerprint density at radius 1 is 1.50 bits per heavy atom. The Kier molecular flexibility index (Phi) is 3.63. The molecule has 0 bridgehead atoms. The molecule has 1 aromatic rings. The summed E-state index contributed by atoms with van der Waals surface area (Å²) in [7, 11) is 0. The average molecular weight is 258 g/mol. The van der Waals surface area contributed by atoms with Crippen molar-refractivity contribution in [1.82, 2.24) is 4.98 Å². The molecular formula is C10H12BrNO2. The molecule has 14 heavy (non-hydrogen) atoms. The van der Waals surface area contributed by atoms with E-state index in [1.165, 1.54) is 0 Å². The summed E-state index contributed by atoms with van der Waals surface area (Å²) < 4.78 is 0.807. The molecule has 0 radical (unpaired) electrons. The molecule has 0 spiro atoms. The molecule has 0 aliphatic rings. The number of aromatic nitrogens is 1. The summed E-state index contributed by atoms with van der Waals surface area (Å²) in [4.78, 5) is 15.0. The van der Waals surface area contributed by atoms with Gasteiger partial charge in [-0.1, -0.05) is 13.8 Å². The third-order valence-corrected chi connectivity index (χ3v) is 2.45. The number of carboxylic acids is 1. The van der Waals surface area contributed by atoms with Crippen LogP contribution in [0.4, 0.5) is 0 Å². The second kappa shape index (κ2) is 4.55. The first-order chi connectivity index (χ1) is 6.52. The van der Waals surface area contributed by atoms with Gasteiger partial charge in [-0.3, -0.25) is 9.78 Å². The third-order valence-electron chi connectivity index (χ3n) is 2.02. The van der Waals surface area contributed by atoms with E-state index in [4.69, 9.17) is 5.11 Å². The maximum atomic E-state index is 11.0. The van der Waals surface area contributed by atoms with Crippen LogP contribution < -0.4 is 0 Å². The van der Waals surface area contributed by atoms with Gasteiger partial charge in [0.2, 0.25) is 0 Å². The van der Waals surface area contributed by atoms with Crippen LogP contribution in [0, 0.1) is 5.92 Å². The predicted molar refractivity (Wildman–Crippen MR) is 57.2 cm³/mol. The van der Waals surface area contributed by atoms with Crippen molar-refractivity contribution >= 4 is 21.9 Å². The van der Waals surface area contributed by atoms with E-state index in [9.17, 15) is 4.79 Å². The van der Waals surface area contributed by atoms with Crippen molar-refractivity contribution in [2.24, 2.45) is 5.92 Å². The molecule has 3 nitrogen and oxygen atoms in total. The Balaban J connectivity index is 3.05. The minimum absolute atomic E-state index is 0.0589. The highest BCUT2D eigenvalue weighted by Gasteiger charge is 2.23. The highest BCUT2D eigenvalue weighted by atomic mass is 79.9. The molecule has 0 aromatic carbocycles. The first-order valence-corrected chi connectivity index (χ1v) is 5.15.